The zero-order valence-electron chi connectivity index (χ0n) is 11.8. The molecule has 22 heavy (non-hydrogen) atoms. The molecule has 0 aromatic heterocycles. The van der Waals surface area contributed by atoms with Crippen molar-refractivity contribution in [3.8, 4) is 5.75 Å². The number of amidine groups is 1. The van der Waals surface area contributed by atoms with Crippen molar-refractivity contribution in [1.29, 1.82) is 0 Å². The number of ether oxygens (including phenoxy) is 1. The fourth-order valence-corrected chi connectivity index (χ4v) is 3.58. The Morgan fingerprint density at radius 3 is 2.73 bits per heavy atom. The van der Waals surface area contributed by atoms with Gasteiger partial charge in [-0.05, 0) is 35.5 Å². The zero-order chi connectivity index (χ0) is 15.1. The van der Waals surface area contributed by atoms with E-state index in [9.17, 15) is 4.79 Å². The Bertz CT molecular complexity index is 828. The van der Waals surface area contributed by atoms with Gasteiger partial charge in [0.25, 0.3) is 5.91 Å². The Morgan fingerprint density at radius 2 is 1.95 bits per heavy atom. The van der Waals surface area contributed by atoms with Crippen LogP contribution in [-0.4, -0.2) is 18.2 Å². The Hall–Kier alpha value is -2.53. The molecule has 0 unspecified atom stereocenters. The molecule has 0 N–H and O–H groups in total. The number of carbonyl (C=O) groups is 1. The fourth-order valence-electron chi connectivity index (χ4n) is 2.54. The first-order chi connectivity index (χ1) is 10.8. The molecule has 0 radical (unpaired) electrons. The third-order valence-corrected chi connectivity index (χ3v) is 4.55. The smallest absolute Gasteiger partial charge is 0.283 e. The molecule has 0 aliphatic carbocycles. The molecule has 4 rings (SSSR count). The normalized spacial score (nSPS) is 17.5. The highest BCUT2D eigenvalue weighted by molar-refractivity contribution is 8.15. The molecule has 2 heterocycles. The van der Waals surface area contributed by atoms with Crippen molar-refractivity contribution in [1.82, 2.24) is 0 Å². The van der Waals surface area contributed by atoms with Crippen LogP contribution >= 0.6 is 11.8 Å². The molecule has 0 saturated heterocycles. The van der Waals surface area contributed by atoms with Crippen molar-refractivity contribution in [2.24, 2.45) is 4.99 Å². The van der Waals surface area contributed by atoms with E-state index in [-0.39, 0.29) is 5.91 Å². The summed E-state index contributed by atoms with van der Waals surface area (Å²) in [6.45, 7) is 0. The first-order valence-corrected chi connectivity index (χ1v) is 7.64. The number of hydrogen-bond acceptors (Lipinski definition) is 4. The monoisotopic (exact) mass is 308 g/mol. The van der Waals surface area contributed by atoms with Crippen molar-refractivity contribution < 1.29 is 9.53 Å². The van der Waals surface area contributed by atoms with Crippen LogP contribution in [0.4, 0.5) is 5.69 Å². The second kappa shape index (κ2) is 5.03. The van der Waals surface area contributed by atoms with Crippen molar-refractivity contribution in [3.05, 3.63) is 59.8 Å². The van der Waals surface area contributed by atoms with Crippen LogP contribution in [0.2, 0.25) is 0 Å². The summed E-state index contributed by atoms with van der Waals surface area (Å²) in [5, 5.41) is 0.687. The molecule has 0 fully saturated rings. The van der Waals surface area contributed by atoms with Crippen LogP contribution in [0.3, 0.4) is 0 Å². The van der Waals surface area contributed by atoms with Crippen LogP contribution in [0.1, 0.15) is 5.56 Å². The van der Waals surface area contributed by atoms with Gasteiger partial charge in [-0.15, -0.1) is 0 Å². The molecule has 0 saturated carbocycles. The molecular formula is C17H12N2O2S. The highest BCUT2D eigenvalue weighted by Crippen LogP contribution is 2.48. The number of fused-ring (bicyclic) bond motifs is 3. The predicted molar refractivity (Wildman–Crippen MR) is 88.2 cm³/mol. The second-order valence-electron chi connectivity index (χ2n) is 4.88. The minimum absolute atomic E-state index is 0.116. The summed E-state index contributed by atoms with van der Waals surface area (Å²) in [5.41, 5.74) is 2.20. The quantitative estimate of drug-likeness (QED) is 0.797. The van der Waals surface area contributed by atoms with Crippen LogP contribution in [-0.2, 0) is 4.79 Å². The number of amides is 1. The van der Waals surface area contributed by atoms with Gasteiger partial charge in [0.2, 0.25) is 0 Å². The first kappa shape index (κ1) is 13.2. The SMILES string of the molecule is COc1cccc2c1N1C(=O)/C(=C/c3ccccc3)N=C1S2. The lowest BCUT2D eigenvalue weighted by molar-refractivity contribution is -0.113. The van der Waals surface area contributed by atoms with E-state index in [2.05, 4.69) is 4.99 Å². The summed E-state index contributed by atoms with van der Waals surface area (Å²) in [5.74, 6) is 0.569. The largest absolute Gasteiger partial charge is 0.495 e. The topological polar surface area (TPSA) is 41.9 Å². The third kappa shape index (κ3) is 1.94. The van der Waals surface area contributed by atoms with Crippen LogP contribution in [0.15, 0.2) is 64.1 Å². The number of methoxy groups -OCH3 is 1. The molecule has 2 aromatic carbocycles. The maximum absolute atomic E-state index is 12.7. The number of hydrogen-bond donors (Lipinski definition) is 0. The average Bonchev–Trinajstić information content (AvgIpc) is 3.05. The summed E-state index contributed by atoms with van der Waals surface area (Å²) >= 11 is 1.49. The van der Waals surface area contributed by atoms with Crippen molar-refractivity contribution in [3.63, 3.8) is 0 Å². The van der Waals surface area contributed by atoms with E-state index in [0.29, 0.717) is 16.6 Å². The van der Waals surface area contributed by atoms with Gasteiger partial charge < -0.3 is 4.74 Å². The molecular weight excluding hydrogens is 296 g/mol. The number of benzene rings is 2. The lowest BCUT2D eigenvalue weighted by atomic mass is 10.2. The van der Waals surface area contributed by atoms with Gasteiger partial charge in [0.1, 0.15) is 17.1 Å². The standard InChI is InChI=1S/C17H12N2O2S/c1-21-13-8-5-9-14-15(13)19-16(20)12(18-17(19)22-14)10-11-6-3-2-4-7-11/h2-10H,1H3/b12-10-. The van der Waals surface area contributed by atoms with Gasteiger partial charge >= 0.3 is 0 Å². The van der Waals surface area contributed by atoms with E-state index in [1.807, 2.05) is 54.6 Å². The molecule has 2 aromatic rings. The molecule has 2 aliphatic rings. The molecule has 1 amide bonds. The number of anilines is 1. The number of carbonyl (C=O) groups excluding carboxylic acids is 1. The van der Waals surface area contributed by atoms with Gasteiger partial charge in [-0.3, -0.25) is 4.79 Å². The molecule has 2 aliphatic heterocycles. The lowest BCUT2D eigenvalue weighted by Gasteiger charge is -2.14. The van der Waals surface area contributed by atoms with E-state index >= 15 is 0 Å². The number of thioether (sulfide) groups is 1. The van der Waals surface area contributed by atoms with Crippen LogP contribution < -0.4 is 9.64 Å². The van der Waals surface area contributed by atoms with Crippen LogP contribution in [0.25, 0.3) is 6.08 Å². The second-order valence-corrected chi connectivity index (χ2v) is 5.89. The molecule has 5 heteroatoms. The highest BCUT2D eigenvalue weighted by atomic mass is 32.2. The Labute approximate surface area is 132 Å². The van der Waals surface area contributed by atoms with E-state index < -0.39 is 0 Å². The molecule has 4 nitrogen and oxygen atoms in total. The van der Waals surface area contributed by atoms with Gasteiger partial charge in [0.05, 0.1) is 7.11 Å². The Balaban J connectivity index is 1.77. The fraction of sp³-hybridized carbons (Fsp3) is 0.0588. The van der Waals surface area contributed by atoms with E-state index in [1.165, 1.54) is 11.8 Å². The number of para-hydroxylation sites is 1. The summed E-state index contributed by atoms with van der Waals surface area (Å²) in [6.07, 6.45) is 1.81. The third-order valence-electron chi connectivity index (χ3n) is 3.54. The van der Waals surface area contributed by atoms with Crippen molar-refractivity contribution >= 4 is 34.6 Å². The summed E-state index contributed by atoms with van der Waals surface area (Å²) in [4.78, 5) is 19.8. The molecule has 108 valence electrons. The summed E-state index contributed by atoms with van der Waals surface area (Å²) < 4.78 is 5.39. The maximum Gasteiger partial charge on any atom is 0.283 e. The number of nitrogens with zero attached hydrogens (tertiary/aromatic N) is 2. The van der Waals surface area contributed by atoms with Gasteiger partial charge in [-0.1, -0.05) is 36.4 Å². The molecule has 0 bridgehead atoms. The van der Waals surface area contributed by atoms with Gasteiger partial charge in [0.15, 0.2) is 5.17 Å². The Morgan fingerprint density at radius 1 is 1.14 bits per heavy atom. The number of rotatable bonds is 2. The minimum atomic E-state index is -0.116. The number of aliphatic imine (C=N–C) groups is 1. The van der Waals surface area contributed by atoms with Gasteiger partial charge in [-0.25, -0.2) is 9.89 Å². The van der Waals surface area contributed by atoms with E-state index in [1.54, 1.807) is 12.0 Å². The first-order valence-electron chi connectivity index (χ1n) is 6.82. The van der Waals surface area contributed by atoms with Crippen LogP contribution in [0, 0.1) is 0 Å². The predicted octanol–water partition coefficient (Wildman–Crippen LogP) is 3.54. The minimum Gasteiger partial charge on any atom is -0.495 e. The van der Waals surface area contributed by atoms with Crippen molar-refractivity contribution in [2.75, 3.05) is 12.0 Å². The molecule has 0 spiro atoms. The van der Waals surface area contributed by atoms with E-state index in [4.69, 9.17) is 4.74 Å². The Kier molecular flexibility index (Phi) is 3.01. The van der Waals surface area contributed by atoms with Gasteiger partial charge in [-0.2, -0.15) is 0 Å². The van der Waals surface area contributed by atoms with E-state index in [0.717, 1.165) is 16.1 Å². The zero-order valence-corrected chi connectivity index (χ0v) is 12.6. The maximum atomic E-state index is 12.7. The van der Waals surface area contributed by atoms with Gasteiger partial charge in [0, 0.05) is 4.90 Å². The average molecular weight is 308 g/mol. The highest BCUT2D eigenvalue weighted by Gasteiger charge is 2.40. The summed E-state index contributed by atoms with van der Waals surface area (Å²) in [7, 11) is 1.61. The summed E-state index contributed by atoms with van der Waals surface area (Å²) in [6, 6.07) is 15.5. The van der Waals surface area contributed by atoms with Crippen molar-refractivity contribution in [2.45, 2.75) is 4.90 Å². The molecule has 0 atom stereocenters. The lowest BCUT2D eigenvalue weighted by Crippen LogP contribution is -2.27. The van der Waals surface area contributed by atoms with Crippen LogP contribution in [0.5, 0.6) is 5.75 Å².